The number of hydrogen-bond donors (Lipinski definition) is 1. The number of benzene rings is 2. The predicted molar refractivity (Wildman–Crippen MR) is 168 cm³/mol. The number of nitrogens with two attached hydrogens (primary N) is 1. The van der Waals surface area contributed by atoms with Crippen molar-refractivity contribution in [3.8, 4) is 23.3 Å². The minimum Gasteiger partial charge on any atom is -0.494 e. The number of nitrogens with zero attached hydrogens (tertiary/aromatic N) is 6. The Hall–Kier alpha value is -4.36. The molecule has 0 spiro atoms. The highest BCUT2D eigenvalue weighted by Gasteiger charge is 2.34. The molecule has 2 aromatic heterocycles. The highest BCUT2D eigenvalue weighted by Crippen LogP contribution is 2.41. The van der Waals surface area contributed by atoms with Crippen LogP contribution in [0.1, 0.15) is 53.9 Å². The van der Waals surface area contributed by atoms with Crippen LogP contribution in [0.3, 0.4) is 0 Å². The summed E-state index contributed by atoms with van der Waals surface area (Å²) in [5.41, 5.74) is 11.6. The van der Waals surface area contributed by atoms with Crippen molar-refractivity contribution in [3.63, 3.8) is 0 Å². The van der Waals surface area contributed by atoms with Gasteiger partial charge in [0.1, 0.15) is 17.7 Å². The van der Waals surface area contributed by atoms with Gasteiger partial charge in [0, 0.05) is 56.6 Å². The Labute approximate surface area is 257 Å². The molecule has 1 atom stereocenters. The number of piperidine rings is 1. The van der Waals surface area contributed by atoms with Gasteiger partial charge in [-0.1, -0.05) is 18.2 Å². The second kappa shape index (κ2) is 11.3. The average molecular weight is 594 g/mol. The molecular weight excluding hydrogens is 554 g/mol. The van der Waals surface area contributed by atoms with Crippen LogP contribution in [0.5, 0.6) is 5.75 Å². The number of imidazole rings is 1. The Morgan fingerprint density at radius 1 is 1.07 bits per heavy atom. The van der Waals surface area contributed by atoms with Crippen molar-refractivity contribution >= 4 is 33.8 Å². The van der Waals surface area contributed by atoms with Crippen molar-refractivity contribution in [3.05, 3.63) is 47.5 Å². The van der Waals surface area contributed by atoms with E-state index in [1.165, 1.54) is 23.9 Å². The number of carbonyl (C=O) groups is 2. The van der Waals surface area contributed by atoms with E-state index in [0.29, 0.717) is 49.3 Å². The number of ether oxygens (including phenoxy) is 1. The van der Waals surface area contributed by atoms with Gasteiger partial charge in [-0.2, -0.15) is 5.26 Å². The van der Waals surface area contributed by atoms with Crippen molar-refractivity contribution in [2.75, 3.05) is 39.8 Å². The standard InChI is InChI=1S/C34H39N7O3/c1-38-32-27(13-24(15-29(32)44-2)34(43)39-12-4-5-22(16-36)17-39)37-33(38)28-14-23-6-3-7-26(31(23)41(28)18-21-8-9-21)25-19-40(20-25)30(42)10-11-35/h3,6-7,13-15,21-22,25H,4-5,8-10,12,16-20,36H2,1-2H3/t22-/m0/s1. The lowest BCUT2D eigenvalue weighted by atomic mass is 9.89. The Morgan fingerprint density at radius 3 is 2.61 bits per heavy atom. The summed E-state index contributed by atoms with van der Waals surface area (Å²) in [5.74, 6) is 2.53. The van der Waals surface area contributed by atoms with Crippen molar-refractivity contribution < 1.29 is 14.3 Å². The number of rotatable bonds is 8. The summed E-state index contributed by atoms with van der Waals surface area (Å²) >= 11 is 0. The molecule has 4 aromatic rings. The van der Waals surface area contributed by atoms with Crippen LogP contribution in [0, 0.1) is 23.2 Å². The lowest BCUT2D eigenvalue weighted by molar-refractivity contribution is -0.134. The maximum Gasteiger partial charge on any atom is 0.254 e. The minimum absolute atomic E-state index is 0.00849. The number of fused-ring (bicyclic) bond motifs is 2. The lowest BCUT2D eigenvalue weighted by Gasteiger charge is -2.39. The Balaban J connectivity index is 1.29. The van der Waals surface area contributed by atoms with Gasteiger partial charge in [-0.15, -0.1) is 0 Å². The maximum absolute atomic E-state index is 13.6. The van der Waals surface area contributed by atoms with Gasteiger partial charge in [-0.3, -0.25) is 9.59 Å². The molecule has 10 nitrogen and oxygen atoms in total. The monoisotopic (exact) mass is 593 g/mol. The van der Waals surface area contributed by atoms with Crippen molar-refractivity contribution in [2.24, 2.45) is 24.6 Å². The van der Waals surface area contributed by atoms with E-state index in [9.17, 15) is 9.59 Å². The lowest BCUT2D eigenvalue weighted by Crippen LogP contribution is -2.48. The van der Waals surface area contributed by atoms with Gasteiger partial charge in [0.05, 0.1) is 29.9 Å². The van der Waals surface area contributed by atoms with Crippen LogP contribution < -0.4 is 10.5 Å². The van der Waals surface area contributed by atoms with Crippen LogP contribution in [-0.4, -0.2) is 75.6 Å². The summed E-state index contributed by atoms with van der Waals surface area (Å²) in [6.07, 6.45) is 4.37. The zero-order valence-corrected chi connectivity index (χ0v) is 25.5. The number of methoxy groups -OCH3 is 1. The average Bonchev–Trinajstić information content (AvgIpc) is 3.68. The van der Waals surface area contributed by atoms with Crippen LogP contribution in [0.25, 0.3) is 33.5 Å². The smallest absolute Gasteiger partial charge is 0.254 e. The van der Waals surface area contributed by atoms with Crippen molar-refractivity contribution in [1.82, 2.24) is 23.9 Å². The first kappa shape index (κ1) is 28.4. The Kier molecular flexibility index (Phi) is 7.29. The SMILES string of the molecule is COc1cc(C(=O)N2CCC[C@@H](CN)C2)cc2nc(-c3cc4cccc(C5CN(C(=O)CC#N)C5)c4n3CC3CC3)n(C)c12. The molecule has 2 amide bonds. The second-order valence-corrected chi connectivity index (χ2v) is 12.7. The summed E-state index contributed by atoms with van der Waals surface area (Å²) in [4.78, 5) is 34.7. The molecule has 2 aliphatic heterocycles. The van der Waals surface area contributed by atoms with Crippen LogP contribution in [0.15, 0.2) is 36.4 Å². The fourth-order valence-corrected chi connectivity index (χ4v) is 7.12. The molecule has 7 rings (SSSR count). The van der Waals surface area contributed by atoms with Crippen molar-refractivity contribution in [2.45, 2.75) is 44.6 Å². The third-order valence-electron chi connectivity index (χ3n) is 9.76. The normalized spacial score (nSPS) is 18.9. The molecule has 0 radical (unpaired) electrons. The first-order chi connectivity index (χ1) is 21.4. The summed E-state index contributed by atoms with van der Waals surface area (Å²) in [7, 11) is 3.65. The highest BCUT2D eigenvalue weighted by molar-refractivity contribution is 6.00. The molecule has 2 N–H and O–H groups in total. The number of hydrogen-bond acceptors (Lipinski definition) is 6. The number of carbonyl (C=O) groups excluding carboxylic acids is 2. The predicted octanol–water partition coefficient (Wildman–Crippen LogP) is 4.26. The van der Waals surface area contributed by atoms with Gasteiger partial charge in [0.15, 0.2) is 5.82 Å². The van der Waals surface area contributed by atoms with Crippen LogP contribution in [0.4, 0.5) is 0 Å². The summed E-state index contributed by atoms with van der Waals surface area (Å²) in [5, 5.41) is 10.1. The highest BCUT2D eigenvalue weighted by atomic mass is 16.5. The van der Waals surface area contributed by atoms with E-state index in [1.807, 2.05) is 30.1 Å². The number of likely N-dealkylation sites (tertiary alicyclic amines) is 2. The Bertz CT molecular complexity index is 1800. The molecule has 10 heteroatoms. The van der Waals surface area contributed by atoms with Gasteiger partial charge in [0.25, 0.3) is 5.91 Å². The fourth-order valence-electron chi connectivity index (χ4n) is 7.12. The zero-order valence-electron chi connectivity index (χ0n) is 25.5. The van der Waals surface area contributed by atoms with E-state index in [1.54, 1.807) is 12.0 Å². The molecule has 1 aliphatic carbocycles. The van der Waals surface area contributed by atoms with Gasteiger partial charge in [-0.25, -0.2) is 4.98 Å². The van der Waals surface area contributed by atoms with Crippen molar-refractivity contribution in [1.29, 1.82) is 5.26 Å². The fraction of sp³-hybridized carbons (Fsp3) is 0.471. The summed E-state index contributed by atoms with van der Waals surface area (Å²) in [6, 6.07) is 14.4. The van der Waals surface area contributed by atoms with Crippen LogP contribution in [-0.2, 0) is 18.4 Å². The molecule has 2 aromatic carbocycles. The van der Waals surface area contributed by atoms with Crippen LogP contribution in [0.2, 0.25) is 0 Å². The van der Waals surface area contributed by atoms with Gasteiger partial charge in [0.2, 0.25) is 5.91 Å². The molecule has 4 heterocycles. The molecule has 0 unspecified atom stereocenters. The number of amides is 2. The summed E-state index contributed by atoms with van der Waals surface area (Å²) in [6.45, 7) is 4.17. The van der Waals surface area contributed by atoms with E-state index >= 15 is 0 Å². The van der Waals surface area contributed by atoms with E-state index in [4.69, 9.17) is 20.7 Å². The number of para-hydroxylation sites is 1. The molecule has 228 valence electrons. The molecule has 3 aliphatic rings. The molecular formula is C34H39N7O3. The first-order valence-corrected chi connectivity index (χ1v) is 15.7. The Morgan fingerprint density at radius 2 is 1.89 bits per heavy atom. The van der Waals surface area contributed by atoms with Gasteiger partial charge in [-0.05, 0) is 67.8 Å². The maximum atomic E-state index is 13.6. The van der Waals surface area contributed by atoms with E-state index in [-0.39, 0.29) is 24.2 Å². The quantitative estimate of drug-likeness (QED) is 0.326. The van der Waals surface area contributed by atoms with Gasteiger partial charge >= 0.3 is 0 Å². The largest absolute Gasteiger partial charge is 0.494 e. The molecule has 0 bridgehead atoms. The van der Waals surface area contributed by atoms with E-state index < -0.39 is 0 Å². The third kappa shape index (κ3) is 4.89. The molecule has 3 fully saturated rings. The van der Waals surface area contributed by atoms with E-state index in [2.05, 4.69) is 33.4 Å². The second-order valence-electron chi connectivity index (χ2n) is 12.7. The molecule has 44 heavy (non-hydrogen) atoms. The zero-order chi connectivity index (χ0) is 30.5. The molecule has 1 saturated carbocycles. The van der Waals surface area contributed by atoms with E-state index in [0.717, 1.165) is 53.9 Å². The minimum atomic E-state index is -0.101. The summed E-state index contributed by atoms with van der Waals surface area (Å²) < 4.78 is 10.3. The number of nitriles is 1. The third-order valence-corrected chi connectivity index (χ3v) is 9.76. The number of aryl methyl sites for hydroxylation is 1. The number of aromatic nitrogens is 3. The van der Waals surface area contributed by atoms with Gasteiger partial charge < -0.3 is 29.4 Å². The topological polar surface area (TPSA) is 122 Å². The molecule has 2 saturated heterocycles. The first-order valence-electron chi connectivity index (χ1n) is 15.7. The van der Waals surface area contributed by atoms with Crippen LogP contribution >= 0.6 is 0 Å².